The lowest BCUT2D eigenvalue weighted by atomic mass is 9.95. The lowest BCUT2D eigenvalue weighted by Gasteiger charge is -2.31. The Morgan fingerprint density at radius 1 is 1.00 bits per heavy atom. The number of nitrogens with zero attached hydrogens (tertiary/aromatic N) is 3. The number of carbonyl (C=O) groups is 2. The second kappa shape index (κ2) is 10.4. The zero-order valence-electron chi connectivity index (χ0n) is 16.0. The molecule has 1 aromatic heterocycles. The van der Waals surface area contributed by atoms with Crippen molar-refractivity contribution in [1.82, 2.24) is 20.2 Å². The summed E-state index contributed by atoms with van der Waals surface area (Å²) in [7, 11) is 0. The largest absolute Gasteiger partial charge is 0.354 e. The fourth-order valence-electron chi connectivity index (χ4n) is 3.34. The third-order valence-electron chi connectivity index (χ3n) is 4.96. The molecule has 2 amide bonds. The normalized spacial score (nSPS) is 14.5. The smallest absolute Gasteiger partial charge is 0.223 e. The maximum absolute atomic E-state index is 12.4. The van der Waals surface area contributed by atoms with E-state index in [4.69, 9.17) is 0 Å². The van der Waals surface area contributed by atoms with Crippen LogP contribution in [0.1, 0.15) is 24.8 Å². The number of aryl methyl sites for hydroxylation is 1. The van der Waals surface area contributed by atoms with Gasteiger partial charge in [0.25, 0.3) is 0 Å². The maximum atomic E-state index is 12.4. The summed E-state index contributed by atoms with van der Waals surface area (Å²) >= 11 is 0. The molecule has 1 aliphatic rings. The summed E-state index contributed by atoms with van der Waals surface area (Å²) in [6.07, 6.45) is 6.06. The molecule has 1 aromatic carbocycles. The van der Waals surface area contributed by atoms with Crippen molar-refractivity contribution in [2.45, 2.75) is 25.7 Å². The van der Waals surface area contributed by atoms with E-state index in [1.165, 1.54) is 5.56 Å². The van der Waals surface area contributed by atoms with Gasteiger partial charge in [-0.25, -0.2) is 9.97 Å². The summed E-state index contributed by atoms with van der Waals surface area (Å²) in [5.74, 6) is 0.771. The van der Waals surface area contributed by atoms with Gasteiger partial charge in [-0.1, -0.05) is 30.3 Å². The van der Waals surface area contributed by atoms with Gasteiger partial charge in [0.05, 0.1) is 0 Å². The first-order chi connectivity index (χ1) is 13.7. The summed E-state index contributed by atoms with van der Waals surface area (Å²) < 4.78 is 0. The summed E-state index contributed by atoms with van der Waals surface area (Å²) in [6.45, 7) is 2.41. The summed E-state index contributed by atoms with van der Waals surface area (Å²) in [5, 5.41) is 6.02. The van der Waals surface area contributed by atoms with Crippen LogP contribution in [-0.2, 0) is 16.0 Å². The van der Waals surface area contributed by atoms with Crippen LogP contribution in [-0.4, -0.2) is 52.9 Å². The third kappa shape index (κ3) is 6.04. The van der Waals surface area contributed by atoms with Crippen LogP contribution in [0.5, 0.6) is 0 Å². The van der Waals surface area contributed by atoms with Gasteiger partial charge in [-0.15, -0.1) is 0 Å². The van der Waals surface area contributed by atoms with E-state index in [1.54, 1.807) is 18.5 Å². The number of amides is 2. The Kier molecular flexibility index (Phi) is 7.35. The molecule has 0 bridgehead atoms. The topological polar surface area (TPSA) is 87.2 Å². The van der Waals surface area contributed by atoms with Gasteiger partial charge in [-0.2, -0.15) is 0 Å². The van der Waals surface area contributed by atoms with Crippen molar-refractivity contribution in [3.8, 4) is 0 Å². The van der Waals surface area contributed by atoms with E-state index in [1.807, 2.05) is 35.2 Å². The van der Waals surface area contributed by atoms with Crippen LogP contribution in [0, 0.1) is 5.92 Å². The summed E-state index contributed by atoms with van der Waals surface area (Å²) in [4.78, 5) is 34.8. The molecule has 0 atom stereocenters. The van der Waals surface area contributed by atoms with E-state index in [-0.39, 0.29) is 17.7 Å². The van der Waals surface area contributed by atoms with Gasteiger partial charge in [0.1, 0.15) is 0 Å². The molecule has 1 aliphatic heterocycles. The average Bonchev–Trinajstić information content (AvgIpc) is 2.76. The van der Waals surface area contributed by atoms with E-state index in [2.05, 4.69) is 20.6 Å². The Bertz CT molecular complexity index is 746. The Balaban J connectivity index is 1.31. The van der Waals surface area contributed by atoms with E-state index in [9.17, 15) is 9.59 Å². The fraction of sp³-hybridized carbons (Fsp3) is 0.429. The predicted octanol–water partition coefficient (Wildman–Crippen LogP) is 1.88. The minimum atomic E-state index is -0.0221. The highest BCUT2D eigenvalue weighted by atomic mass is 16.2. The SMILES string of the molecule is O=C(NCCNc1ncccn1)C1CCN(C(=O)CCc2ccccc2)CC1. The molecule has 1 fully saturated rings. The lowest BCUT2D eigenvalue weighted by molar-refractivity contribution is -0.135. The predicted molar refractivity (Wildman–Crippen MR) is 108 cm³/mol. The molecular formula is C21H27N5O2. The first kappa shape index (κ1) is 19.8. The number of hydrogen-bond acceptors (Lipinski definition) is 5. The van der Waals surface area contributed by atoms with Crippen LogP contribution in [0.3, 0.4) is 0 Å². The van der Waals surface area contributed by atoms with Crippen LogP contribution in [0.2, 0.25) is 0 Å². The molecule has 28 heavy (non-hydrogen) atoms. The number of nitrogens with one attached hydrogen (secondary N) is 2. The van der Waals surface area contributed by atoms with Crippen LogP contribution >= 0.6 is 0 Å². The molecule has 1 saturated heterocycles. The highest BCUT2D eigenvalue weighted by Crippen LogP contribution is 2.18. The van der Waals surface area contributed by atoms with Crippen LogP contribution in [0.15, 0.2) is 48.8 Å². The standard InChI is InChI=1S/C21H27N5O2/c27-19(8-7-17-5-2-1-3-6-17)26-15-9-18(10-16-26)20(28)22-13-14-25-21-23-11-4-12-24-21/h1-6,11-12,18H,7-10,13-16H2,(H,22,28)(H,23,24,25). The van der Waals surface area contributed by atoms with Crippen LogP contribution < -0.4 is 10.6 Å². The first-order valence-corrected chi connectivity index (χ1v) is 9.82. The Hall–Kier alpha value is -2.96. The van der Waals surface area contributed by atoms with E-state index in [0.717, 1.165) is 19.3 Å². The third-order valence-corrected chi connectivity index (χ3v) is 4.96. The number of likely N-dealkylation sites (tertiary alicyclic amines) is 1. The van der Waals surface area contributed by atoms with Crippen molar-refractivity contribution in [3.63, 3.8) is 0 Å². The molecule has 3 rings (SSSR count). The number of rotatable bonds is 8. The monoisotopic (exact) mass is 381 g/mol. The lowest BCUT2D eigenvalue weighted by Crippen LogP contribution is -2.43. The van der Waals surface area contributed by atoms with Gasteiger partial charge in [0.2, 0.25) is 17.8 Å². The van der Waals surface area contributed by atoms with Gasteiger partial charge in [-0.05, 0) is 30.9 Å². The Morgan fingerprint density at radius 3 is 2.43 bits per heavy atom. The van der Waals surface area contributed by atoms with E-state index >= 15 is 0 Å². The Labute approximate surface area is 165 Å². The fourth-order valence-corrected chi connectivity index (χ4v) is 3.34. The second-order valence-corrected chi connectivity index (χ2v) is 6.93. The molecule has 0 saturated carbocycles. The van der Waals surface area contributed by atoms with Crippen LogP contribution in [0.4, 0.5) is 5.95 Å². The zero-order valence-corrected chi connectivity index (χ0v) is 16.0. The number of carbonyl (C=O) groups excluding carboxylic acids is 2. The number of benzene rings is 1. The van der Waals surface area contributed by atoms with Crippen molar-refractivity contribution in [2.75, 3.05) is 31.5 Å². The minimum Gasteiger partial charge on any atom is -0.354 e. The molecule has 0 aliphatic carbocycles. The van der Waals surface area contributed by atoms with Crippen molar-refractivity contribution in [2.24, 2.45) is 5.92 Å². The van der Waals surface area contributed by atoms with Crippen molar-refractivity contribution < 1.29 is 9.59 Å². The number of anilines is 1. The first-order valence-electron chi connectivity index (χ1n) is 9.82. The molecule has 0 radical (unpaired) electrons. The number of hydrogen-bond donors (Lipinski definition) is 2. The molecule has 0 unspecified atom stereocenters. The van der Waals surface area contributed by atoms with E-state index in [0.29, 0.717) is 38.5 Å². The quantitative estimate of drug-likeness (QED) is 0.682. The highest BCUT2D eigenvalue weighted by molar-refractivity contribution is 5.80. The minimum absolute atomic E-state index is 0.0221. The highest BCUT2D eigenvalue weighted by Gasteiger charge is 2.26. The van der Waals surface area contributed by atoms with Crippen molar-refractivity contribution in [3.05, 3.63) is 54.4 Å². The molecule has 2 N–H and O–H groups in total. The number of aromatic nitrogens is 2. The molecule has 2 aromatic rings. The average molecular weight is 381 g/mol. The molecule has 7 heteroatoms. The van der Waals surface area contributed by atoms with Gasteiger partial charge < -0.3 is 15.5 Å². The van der Waals surface area contributed by atoms with Gasteiger partial charge in [0.15, 0.2) is 0 Å². The van der Waals surface area contributed by atoms with Crippen LogP contribution in [0.25, 0.3) is 0 Å². The van der Waals surface area contributed by atoms with Crippen molar-refractivity contribution >= 4 is 17.8 Å². The molecule has 148 valence electrons. The molecule has 7 nitrogen and oxygen atoms in total. The molecule has 2 heterocycles. The molecular weight excluding hydrogens is 354 g/mol. The van der Waals surface area contributed by atoms with Gasteiger partial charge in [0, 0.05) is 50.9 Å². The van der Waals surface area contributed by atoms with Crippen molar-refractivity contribution in [1.29, 1.82) is 0 Å². The van der Waals surface area contributed by atoms with Gasteiger partial charge >= 0.3 is 0 Å². The second-order valence-electron chi connectivity index (χ2n) is 6.93. The maximum Gasteiger partial charge on any atom is 0.223 e. The zero-order chi connectivity index (χ0) is 19.6. The van der Waals surface area contributed by atoms with Gasteiger partial charge in [-0.3, -0.25) is 9.59 Å². The molecule has 0 spiro atoms. The Morgan fingerprint density at radius 2 is 1.71 bits per heavy atom. The number of piperidine rings is 1. The summed E-state index contributed by atoms with van der Waals surface area (Å²) in [6, 6.07) is 11.8. The summed E-state index contributed by atoms with van der Waals surface area (Å²) in [5.41, 5.74) is 1.18. The van der Waals surface area contributed by atoms with E-state index < -0.39 is 0 Å².